The SMILES string of the molecule is CCOC[C@H]1CN(Cc2ccc(C)o2)Cc2ncn(C)c21. The molecule has 114 valence electrons. The van der Waals surface area contributed by atoms with Crippen LogP contribution in [0.1, 0.15) is 35.7 Å². The Morgan fingerprint density at radius 1 is 1.43 bits per heavy atom. The van der Waals surface area contributed by atoms with Crippen molar-refractivity contribution >= 4 is 0 Å². The summed E-state index contributed by atoms with van der Waals surface area (Å²) >= 11 is 0. The summed E-state index contributed by atoms with van der Waals surface area (Å²) in [7, 11) is 2.07. The fraction of sp³-hybridized carbons (Fsp3) is 0.562. The van der Waals surface area contributed by atoms with Gasteiger partial charge in [-0.2, -0.15) is 0 Å². The molecule has 0 bridgehead atoms. The molecule has 5 nitrogen and oxygen atoms in total. The van der Waals surface area contributed by atoms with E-state index < -0.39 is 0 Å². The fourth-order valence-electron chi connectivity index (χ4n) is 3.11. The van der Waals surface area contributed by atoms with Crippen LogP contribution in [-0.2, 0) is 24.9 Å². The van der Waals surface area contributed by atoms with Crippen LogP contribution in [0.3, 0.4) is 0 Å². The average molecular weight is 289 g/mol. The Balaban J connectivity index is 1.76. The zero-order valence-corrected chi connectivity index (χ0v) is 13.0. The Morgan fingerprint density at radius 2 is 2.29 bits per heavy atom. The maximum absolute atomic E-state index is 5.70. The maximum atomic E-state index is 5.70. The van der Waals surface area contributed by atoms with E-state index in [4.69, 9.17) is 9.15 Å². The van der Waals surface area contributed by atoms with Gasteiger partial charge in [0, 0.05) is 38.4 Å². The molecule has 1 aliphatic rings. The van der Waals surface area contributed by atoms with Gasteiger partial charge in [-0.15, -0.1) is 0 Å². The lowest BCUT2D eigenvalue weighted by Crippen LogP contribution is -2.35. The molecule has 0 amide bonds. The van der Waals surface area contributed by atoms with Crippen molar-refractivity contribution in [1.29, 1.82) is 0 Å². The van der Waals surface area contributed by atoms with Crippen molar-refractivity contribution in [3.05, 3.63) is 41.4 Å². The average Bonchev–Trinajstić information content (AvgIpc) is 3.03. The van der Waals surface area contributed by atoms with Gasteiger partial charge in [-0.1, -0.05) is 0 Å². The van der Waals surface area contributed by atoms with Crippen molar-refractivity contribution in [2.75, 3.05) is 19.8 Å². The number of aromatic nitrogens is 2. The van der Waals surface area contributed by atoms with E-state index in [1.54, 1.807) is 0 Å². The molecule has 1 atom stereocenters. The van der Waals surface area contributed by atoms with Gasteiger partial charge < -0.3 is 13.7 Å². The molecule has 0 spiro atoms. The standard InChI is InChI=1S/C16H23N3O2/c1-4-20-10-13-7-19(8-14-6-5-12(2)21-14)9-15-16(13)18(3)11-17-15/h5-6,11,13H,4,7-10H2,1-3H3/t13-/m1/s1. The quantitative estimate of drug-likeness (QED) is 0.848. The number of furan rings is 1. The van der Waals surface area contributed by atoms with Crippen LogP contribution in [0.25, 0.3) is 0 Å². The molecule has 0 unspecified atom stereocenters. The Morgan fingerprint density at radius 3 is 3.00 bits per heavy atom. The molecule has 1 aliphatic heterocycles. The van der Waals surface area contributed by atoms with Crippen molar-refractivity contribution in [1.82, 2.24) is 14.5 Å². The van der Waals surface area contributed by atoms with Gasteiger partial charge in [0.25, 0.3) is 0 Å². The van der Waals surface area contributed by atoms with Crippen LogP contribution >= 0.6 is 0 Å². The van der Waals surface area contributed by atoms with Gasteiger partial charge in [-0.25, -0.2) is 4.98 Å². The van der Waals surface area contributed by atoms with Crippen molar-refractivity contribution in [3.8, 4) is 0 Å². The molecule has 0 saturated carbocycles. The molecule has 21 heavy (non-hydrogen) atoms. The number of nitrogens with zero attached hydrogens (tertiary/aromatic N) is 3. The predicted octanol–water partition coefficient (Wildman–Crippen LogP) is 2.46. The highest BCUT2D eigenvalue weighted by Gasteiger charge is 2.29. The normalized spacial score (nSPS) is 18.9. The van der Waals surface area contributed by atoms with E-state index in [-0.39, 0.29) is 0 Å². The molecule has 5 heteroatoms. The zero-order chi connectivity index (χ0) is 14.8. The molecular weight excluding hydrogens is 266 g/mol. The minimum Gasteiger partial charge on any atom is -0.465 e. The number of hydrogen-bond acceptors (Lipinski definition) is 4. The minimum atomic E-state index is 0.372. The van der Waals surface area contributed by atoms with Gasteiger partial charge in [0.05, 0.1) is 25.2 Å². The monoisotopic (exact) mass is 289 g/mol. The lowest BCUT2D eigenvalue weighted by molar-refractivity contribution is 0.0996. The minimum absolute atomic E-state index is 0.372. The second kappa shape index (κ2) is 6.03. The summed E-state index contributed by atoms with van der Waals surface area (Å²) in [5, 5.41) is 0. The Labute approximate surface area is 125 Å². The highest BCUT2D eigenvalue weighted by molar-refractivity contribution is 5.22. The molecule has 0 aromatic carbocycles. The van der Waals surface area contributed by atoms with E-state index in [0.717, 1.165) is 50.1 Å². The van der Waals surface area contributed by atoms with E-state index >= 15 is 0 Å². The molecule has 0 fully saturated rings. The molecule has 0 N–H and O–H groups in total. The molecular formula is C16H23N3O2. The molecule has 0 radical (unpaired) electrons. The summed E-state index contributed by atoms with van der Waals surface area (Å²) in [6.07, 6.45) is 1.91. The molecule has 3 rings (SSSR count). The number of hydrogen-bond donors (Lipinski definition) is 0. The number of aryl methyl sites for hydroxylation is 2. The van der Waals surface area contributed by atoms with Crippen LogP contribution < -0.4 is 0 Å². The highest BCUT2D eigenvalue weighted by atomic mass is 16.5. The Kier molecular flexibility index (Phi) is 4.12. The Bertz CT molecular complexity index is 602. The van der Waals surface area contributed by atoms with Gasteiger partial charge in [0.2, 0.25) is 0 Å². The van der Waals surface area contributed by atoms with Crippen molar-refractivity contribution in [3.63, 3.8) is 0 Å². The van der Waals surface area contributed by atoms with Gasteiger partial charge in [-0.3, -0.25) is 4.90 Å². The second-order valence-electron chi connectivity index (χ2n) is 5.73. The smallest absolute Gasteiger partial charge is 0.118 e. The summed E-state index contributed by atoms with van der Waals surface area (Å²) in [4.78, 5) is 6.93. The van der Waals surface area contributed by atoms with E-state index in [0.29, 0.717) is 5.92 Å². The van der Waals surface area contributed by atoms with Gasteiger partial charge >= 0.3 is 0 Å². The van der Waals surface area contributed by atoms with Crippen LogP contribution in [0.2, 0.25) is 0 Å². The number of ether oxygens (including phenoxy) is 1. The van der Waals surface area contributed by atoms with Crippen molar-refractivity contribution in [2.24, 2.45) is 7.05 Å². The molecule has 3 heterocycles. The van der Waals surface area contributed by atoms with Crippen LogP contribution in [0.15, 0.2) is 22.9 Å². The second-order valence-corrected chi connectivity index (χ2v) is 5.73. The van der Waals surface area contributed by atoms with E-state index in [1.165, 1.54) is 5.69 Å². The topological polar surface area (TPSA) is 43.4 Å². The zero-order valence-electron chi connectivity index (χ0n) is 13.0. The molecule has 2 aromatic rings. The van der Waals surface area contributed by atoms with Crippen LogP contribution in [0, 0.1) is 6.92 Å². The third-order valence-corrected chi connectivity index (χ3v) is 4.00. The lowest BCUT2D eigenvalue weighted by Gasteiger charge is -2.32. The summed E-state index contributed by atoms with van der Waals surface area (Å²) < 4.78 is 13.5. The molecule has 2 aromatic heterocycles. The first-order chi connectivity index (χ1) is 10.2. The van der Waals surface area contributed by atoms with Gasteiger partial charge in [0.1, 0.15) is 11.5 Å². The first kappa shape index (κ1) is 14.4. The molecule has 0 saturated heterocycles. The van der Waals surface area contributed by atoms with Gasteiger partial charge in [0.15, 0.2) is 0 Å². The number of rotatable bonds is 5. The largest absolute Gasteiger partial charge is 0.465 e. The van der Waals surface area contributed by atoms with E-state index in [1.807, 2.05) is 26.2 Å². The third-order valence-electron chi connectivity index (χ3n) is 4.00. The molecule has 0 aliphatic carbocycles. The lowest BCUT2D eigenvalue weighted by atomic mass is 9.99. The highest BCUT2D eigenvalue weighted by Crippen LogP contribution is 2.28. The van der Waals surface area contributed by atoms with Crippen LogP contribution in [0.4, 0.5) is 0 Å². The van der Waals surface area contributed by atoms with E-state index in [2.05, 4.69) is 27.6 Å². The van der Waals surface area contributed by atoms with Crippen molar-refractivity contribution < 1.29 is 9.15 Å². The first-order valence-electron chi connectivity index (χ1n) is 7.53. The van der Waals surface area contributed by atoms with Crippen molar-refractivity contribution in [2.45, 2.75) is 32.9 Å². The summed E-state index contributed by atoms with van der Waals surface area (Å²) in [6, 6.07) is 4.07. The third kappa shape index (κ3) is 3.04. The first-order valence-corrected chi connectivity index (χ1v) is 7.53. The predicted molar refractivity (Wildman–Crippen MR) is 80.0 cm³/mol. The fourth-order valence-corrected chi connectivity index (χ4v) is 3.11. The van der Waals surface area contributed by atoms with Crippen LogP contribution in [0.5, 0.6) is 0 Å². The maximum Gasteiger partial charge on any atom is 0.118 e. The van der Waals surface area contributed by atoms with E-state index in [9.17, 15) is 0 Å². The summed E-state index contributed by atoms with van der Waals surface area (Å²) in [5.41, 5.74) is 2.48. The number of fused-ring (bicyclic) bond motifs is 1. The Hall–Kier alpha value is -1.59. The number of imidazole rings is 1. The summed E-state index contributed by atoms with van der Waals surface area (Å²) in [6.45, 7) is 8.19. The van der Waals surface area contributed by atoms with Gasteiger partial charge in [-0.05, 0) is 26.0 Å². The summed E-state index contributed by atoms with van der Waals surface area (Å²) in [5.74, 6) is 2.35. The van der Waals surface area contributed by atoms with Crippen LogP contribution in [-0.4, -0.2) is 34.2 Å².